The third-order valence-corrected chi connectivity index (χ3v) is 3.32. The van der Waals surface area contributed by atoms with Gasteiger partial charge in [0.25, 0.3) is 0 Å². The maximum atomic E-state index is 12.0. The van der Waals surface area contributed by atoms with Crippen molar-refractivity contribution >= 4 is 39.0 Å². The molecule has 0 spiro atoms. The van der Waals surface area contributed by atoms with E-state index < -0.39 is 0 Å². The lowest BCUT2D eigenvalue weighted by Crippen LogP contribution is -2.08. The van der Waals surface area contributed by atoms with Crippen molar-refractivity contribution in [2.45, 2.75) is 13.8 Å². The lowest BCUT2D eigenvalue weighted by Gasteiger charge is -2.13. The van der Waals surface area contributed by atoms with Gasteiger partial charge in [0.2, 0.25) is 0 Å². The number of ether oxygens (including phenoxy) is 1. The second-order valence-corrected chi connectivity index (χ2v) is 5.58. The second-order valence-electron chi connectivity index (χ2n) is 4.67. The number of anilines is 3. The number of nitrogens with two attached hydrogens (primary N) is 1. The smallest absolute Gasteiger partial charge is 0.340 e. The van der Waals surface area contributed by atoms with E-state index in [2.05, 4.69) is 21.2 Å². The molecule has 0 unspecified atom stereocenters. The second kappa shape index (κ2) is 6.63. The number of halogens is 1. The van der Waals surface area contributed by atoms with Gasteiger partial charge in [0, 0.05) is 15.8 Å². The van der Waals surface area contributed by atoms with E-state index in [0.717, 1.165) is 15.7 Å². The predicted octanol–water partition coefficient (Wildman–Crippen LogP) is 4.26. The third-order valence-electron chi connectivity index (χ3n) is 2.86. The quantitative estimate of drug-likeness (QED) is 0.639. The van der Waals surface area contributed by atoms with Crippen molar-refractivity contribution in [1.29, 1.82) is 0 Å². The summed E-state index contributed by atoms with van der Waals surface area (Å²) in [5.74, 6) is -0.390. The van der Waals surface area contributed by atoms with E-state index >= 15 is 0 Å². The minimum atomic E-state index is -0.390. The first kappa shape index (κ1) is 15.4. The van der Waals surface area contributed by atoms with Crippen LogP contribution in [0, 0.1) is 6.92 Å². The van der Waals surface area contributed by atoms with E-state index in [4.69, 9.17) is 10.5 Å². The van der Waals surface area contributed by atoms with Gasteiger partial charge in [-0.3, -0.25) is 0 Å². The van der Waals surface area contributed by atoms with Crippen LogP contribution in [0.4, 0.5) is 17.1 Å². The largest absolute Gasteiger partial charge is 0.462 e. The van der Waals surface area contributed by atoms with Crippen LogP contribution in [0.1, 0.15) is 22.8 Å². The van der Waals surface area contributed by atoms with Crippen molar-refractivity contribution in [3.05, 3.63) is 52.0 Å². The molecular formula is C16H17BrN2O2. The summed E-state index contributed by atoms with van der Waals surface area (Å²) in [4.78, 5) is 12.0. The summed E-state index contributed by atoms with van der Waals surface area (Å²) in [6, 6.07) is 11.1. The van der Waals surface area contributed by atoms with Crippen LogP contribution in [-0.4, -0.2) is 12.6 Å². The SMILES string of the molecule is CCOC(=O)c1cc(N)ccc1Nc1cc(C)cc(Br)c1. The first-order chi connectivity index (χ1) is 9.99. The van der Waals surface area contributed by atoms with Gasteiger partial charge in [-0.25, -0.2) is 4.79 Å². The molecule has 0 atom stereocenters. The number of hydrogen-bond donors (Lipinski definition) is 2. The highest BCUT2D eigenvalue weighted by atomic mass is 79.9. The normalized spacial score (nSPS) is 10.2. The van der Waals surface area contributed by atoms with E-state index in [0.29, 0.717) is 23.5 Å². The standard InChI is InChI=1S/C16H17BrN2O2/c1-3-21-16(20)14-9-12(18)4-5-15(14)19-13-7-10(2)6-11(17)8-13/h4-9,19H,3,18H2,1-2H3. The highest BCUT2D eigenvalue weighted by molar-refractivity contribution is 9.10. The van der Waals surface area contributed by atoms with Crippen LogP contribution < -0.4 is 11.1 Å². The van der Waals surface area contributed by atoms with Crippen LogP contribution in [0.25, 0.3) is 0 Å². The van der Waals surface area contributed by atoms with Gasteiger partial charge in [-0.1, -0.05) is 15.9 Å². The van der Waals surface area contributed by atoms with Gasteiger partial charge in [0.15, 0.2) is 0 Å². The van der Waals surface area contributed by atoms with Crippen LogP contribution in [0.5, 0.6) is 0 Å². The summed E-state index contributed by atoms with van der Waals surface area (Å²) in [5.41, 5.74) is 9.37. The Morgan fingerprint density at radius 3 is 2.71 bits per heavy atom. The van der Waals surface area contributed by atoms with Crippen molar-refractivity contribution in [2.24, 2.45) is 0 Å². The van der Waals surface area contributed by atoms with E-state index in [1.165, 1.54) is 0 Å². The molecule has 3 N–H and O–H groups in total. The van der Waals surface area contributed by atoms with Crippen molar-refractivity contribution in [1.82, 2.24) is 0 Å². The first-order valence-electron chi connectivity index (χ1n) is 6.60. The van der Waals surface area contributed by atoms with Crippen LogP contribution in [0.3, 0.4) is 0 Å². The van der Waals surface area contributed by atoms with Gasteiger partial charge in [-0.05, 0) is 55.8 Å². The number of hydrogen-bond acceptors (Lipinski definition) is 4. The average molecular weight is 349 g/mol. The fraction of sp³-hybridized carbons (Fsp3) is 0.188. The third kappa shape index (κ3) is 3.98. The number of nitrogens with one attached hydrogen (secondary N) is 1. The minimum Gasteiger partial charge on any atom is -0.462 e. The van der Waals surface area contributed by atoms with Gasteiger partial charge < -0.3 is 15.8 Å². The number of benzene rings is 2. The maximum absolute atomic E-state index is 12.0. The molecule has 2 aromatic carbocycles. The highest BCUT2D eigenvalue weighted by Gasteiger charge is 2.13. The average Bonchev–Trinajstić information content (AvgIpc) is 2.40. The molecular weight excluding hydrogens is 332 g/mol. The molecule has 0 heterocycles. The zero-order valence-corrected chi connectivity index (χ0v) is 13.5. The Kier molecular flexibility index (Phi) is 4.85. The molecule has 0 bridgehead atoms. The fourth-order valence-corrected chi connectivity index (χ4v) is 2.62. The van der Waals surface area contributed by atoms with E-state index in [9.17, 15) is 4.79 Å². The van der Waals surface area contributed by atoms with Crippen molar-refractivity contribution in [3.8, 4) is 0 Å². The zero-order chi connectivity index (χ0) is 15.4. The topological polar surface area (TPSA) is 64.3 Å². The number of esters is 1. The Hall–Kier alpha value is -2.01. The van der Waals surface area contributed by atoms with Crippen LogP contribution in [0.2, 0.25) is 0 Å². The van der Waals surface area contributed by atoms with Crippen LogP contribution >= 0.6 is 15.9 Å². The van der Waals surface area contributed by atoms with Crippen molar-refractivity contribution < 1.29 is 9.53 Å². The predicted molar refractivity (Wildman–Crippen MR) is 89.0 cm³/mol. The maximum Gasteiger partial charge on any atom is 0.340 e. The Morgan fingerprint density at radius 1 is 1.29 bits per heavy atom. The molecule has 0 aliphatic carbocycles. The van der Waals surface area contributed by atoms with Gasteiger partial charge >= 0.3 is 5.97 Å². The fourth-order valence-electron chi connectivity index (χ4n) is 2.01. The number of nitrogen functional groups attached to an aromatic ring is 1. The first-order valence-corrected chi connectivity index (χ1v) is 7.39. The van der Waals surface area contributed by atoms with Crippen molar-refractivity contribution in [3.63, 3.8) is 0 Å². The number of carbonyl (C=O) groups is 1. The molecule has 0 fully saturated rings. The molecule has 5 heteroatoms. The van der Waals surface area contributed by atoms with Gasteiger partial charge in [-0.2, -0.15) is 0 Å². The summed E-state index contributed by atoms with van der Waals surface area (Å²) in [6.07, 6.45) is 0. The van der Waals surface area contributed by atoms with Gasteiger partial charge in [-0.15, -0.1) is 0 Å². The molecule has 4 nitrogen and oxygen atoms in total. The molecule has 0 saturated carbocycles. The Morgan fingerprint density at radius 2 is 2.05 bits per heavy atom. The Labute approximate surface area is 132 Å². The monoisotopic (exact) mass is 348 g/mol. The molecule has 21 heavy (non-hydrogen) atoms. The summed E-state index contributed by atoms with van der Waals surface area (Å²) in [5, 5.41) is 3.23. The number of aryl methyl sites for hydroxylation is 1. The summed E-state index contributed by atoms with van der Waals surface area (Å²) in [6.45, 7) is 4.10. The number of rotatable bonds is 4. The van der Waals surface area contributed by atoms with E-state index in [1.807, 2.05) is 25.1 Å². The lowest BCUT2D eigenvalue weighted by molar-refractivity contribution is 0.0527. The van der Waals surface area contributed by atoms with Gasteiger partial charge in [0.05, 0.1) is 17.9 Å². The molecule has 2 rings (SSSR count). The van der Waals surface area contributed by atoms with Crippen molar-refractivity contribution in [2.75, 3.05) is 17.7 Å². The molecule has 110 valence electrons. The van der Waals surface area contributed by atoms with E-state index in [-0.39, 0.29) is 5.97 Å². The van der Waals surface area contributed by atoms with Gasteiger partial charge in [0.1, 0.15) is 0 Å². The molecule has 0 saturated heterocycles. The zero-order valence-electron chi connectivity index (χ0n) is 11.9. The molecule has 0 aromatic heterocycles. The molecule has 0 amide bonds. The molecule has 0 aliphatic rings. The van der Waals surface area contributed by atoms with Crippen LogP contribution in [-0.2, 0) is 4.74 Å². The minimum absolute atomic E-state index is 0.322. The summed E-state index contributed by atoms with van der Waals surface area (Å²) < 4.78 is 6.04. The van der Waals surface area contributed by atoms with E-state index in [1.54, 1.807) is 25.1 Å². The molecule has 0 aliphatic heterocycles. The summed E-state index contributed by atoms with van der Waals surface area (Å²) >= 11 is 3.46. The molecule has 2 aromatic rings. The lowest BCUT2D eigenvalue weighted by atomic mass is 10.1. The Bertz CT molecular complexity index is 651. The summed E-state index contributed by atoms with van der Waals surface area (Å²) in [7, 11) is 0. The number of carbonyl (C=O) groups excluding carboxylic acids is 1. The molecule has 0 radical (unpaired) electrons. The highest BCUT2D eigenvalue weighted by Crippen LogP contribution is 2.26. The van der Waals surface area contributed by atoms with Crippen LogP contribution in [0.15, 0.2) is 40.9 Å². The Balaban J connectivity index is 2.37.